The lowest BCUT2D eigenvalue weighted by molar-refractivity contribution is -0.279. The highest BCUT2D eigenvalue weighted by Crippen LogP contribution is 2.53. The quantitative estimate of drug-likeness (QED) is 0.144. The van der Waals surface area contributed by atoms with Gasteiger partial charge in [-0.2, -0.15) is 0 Å². The predicted molar refractivity (Wildman–Crippen MR) is 145 cm³/mol. The molecular weight excluding hydrogens is 588 g/mol. The monoisotopic (exact) mass is 626 g/mol. The van der Waals surface area contributed by atoms with E-state index in [1.165, 1.54) is 6.92 Å². The summed E-state index contributed by atoms with van der Waals surface area (Å²) < 4.78 is 29.3. The molecular formula is C29H38O15. The van der Waals surface area contributed by atoms with Crippen LogP contribution >= 0.6 is 0 Å². The molecule has 3 aliphatic rings. The third kappa shape index (κ3) is 5.87. The molecule has 244 valence electrons. The second kappa shape index (κ2) is 13.4. The Hall–Kier alpha value is -2.64. The minimum atomic E-state index is -1.84. The summed E-state index contributed by atoms with van der Waals surface area (Å²) in [5.41, 5.74) is 0.838. The highest BCUT2D eigenvalue weighted by Gasteiger charge is 2.48. The molecule has 2 aromatic rings. The van der Waals surface area contributed by atoms with Crippen molar-refractivity contribution in [2.45, 2.75) is 93.6 Å². The molecule has 2 fully saturated rings. The van der Waals surface area contributed by atoms with Gasteiger partial charge in [0.25, 0.3) is 0 Å². The molecule has 0 bridgehead atoms. The van der Waals surface area contributed by atoms with Gasteiger partial charge in [-0.1, -0.05) is 30.3 Å². The first-order chi connectivity index (χ1) is 21.0. The average molecular weight is 627 g/mol. The number of fused-ring (bicyclic) bond motifs is 1. The van der Waals surface area contributed by atoms with Crippen LogP contribution in [0.5, 0.6) is 17.2 Å². The molecule has 15 nitrogen and oxygen atoms in total. The molecule has 4 unspecified atom stereocenters. The highest BCUT2D eigenvalue weighted by atomic mass is 16.7. The lowest BCUT2D eigenvalue weighted by atomic mass is 9.90. The Morgan fingerprint density at radius 3 is 1.73 bits per heavy atom. The number of hydrogen-bond donors (Lipinski definition) is 10. The number of rotatable bonds is 8. The van der Waals surface area contributed by atoms with Crippen molar-refractivity contribution in [1.29, 1.82) is 0 Å². The molecule has 2 aromatic carbocycles. The summed E-state index contributed by atoms with van der Waals surface area (Å²) in [6.45, 7) is -0.739. The fraction of sp³-hybridized carbons (Fsp3) is 0.586. The van der Waals surface area contributed by atoms with Crippen LogP contribution in [-0.4, -0.2) is 126 Å². The van der Waals surface area contributed by atoms with Crippen LogP contribution in [0.15, 0.2) is 30.3 Å². The van der Waals surface area contributed by atoms with Crippen molar-refractivity contribution in [3.8, 4) is 17.2 Å². The van der Waals surface area contributed by atoms with Crippen LogP contribution in [-0.2, 0) is 16.1 Å². The molecule has 15 heteroatoms. The lowest BCUT2D eigenvalue weighted by Gasteiger charge is -2.42. The summed E-state index contributed by atoms with van der Waals surface area (Å²) in [4.78, 5) is 0. The van der Waals surface area contributed by atoms with Crippen molar-refractivity contribution < 1.29 is 74.7 Å². The minimum Gasteiger partial charge on any atom is -0.485 e. The average Bonchev–Trinajstić information content (AvgIpc) is 3.03. The summed E-state index contributed by atoms with van der Waals surface area (Å²) in [6, 6.07) is 9.01. The molecule has 0 radical (unpaired) electrons. The van der Waals surface area contributed by atoms with Gasteiger partial charge < -0.3 is 74.7 Å². The number of hydrogen-bond acceptors (Lipinski definition) is 15. The van der Waals surface area contributed by atoms with Crippen LogP contribution in [0.25, 0.3) is 0 Å². The maximum absolute atomic E-state index is 11.4. The highest BCUT2D eigenvalue weighted by molar-refractivity contribution is 5.64. The van der Waals surface area contributed by atoms with Crippen molar-refractivity contribution in [3.05, 3.63) is 52.6 Å². The topological polar surface area (TPSA) is 248 Å². The van der Waals surface area contributed by atoms with Gasteiger partial charge >= 0.3 is 0 Å². The minimum absolute atomic E-state index is 0.0387. The SMILES string of the molecule is Cc1c(O[C@@H]2OC(CO)[C@@H](O)[C@H](O)C2O)c(CO)c(O[C@@H]2OC(CO)[C@@H](O)[C@H](O)C2O)c2c1O[C@H](c1ccccc1)C[C@H]2O. The standard InChI is InChI=1S/C29H38O15/c1-11-25(43-28-23(38)21(36)19(34)16(9-31)41-28)13(8-30)27(44-29-24(39)22(37)20(35)17(10-32)42-29)18-14(33)7-15(40-26(11)18)12-5-3-2-4-6-12/h2-6,14-17,19-24,28-39H,7-10H2,1H3/t14-,15+,16?,17?,19-,20-,21+,22+,23?,24?,28+,29+/m1/s1. The van der Waals surface area contributed by atoms with Crippen LogP contribution < -0.4 is 14.2 Å². The maximum atomic E-state index is 11.4. The van der Waals surface area contributed by atoms with E-state index in [9.17, 15) is 51.1 Å². The van der Waals surface area contributed by atoms with Gasteiger partial charge in [0, 0.05) is 12.0 Å². The second-order valence-corrected chi connectivity index (χ2v) is 11.1. The zero-order chi connectivity index (χ0) is 31.9. The molecule has 2 saturated heterocycles. The molecule has 44 heavy (non-hydrogen) atoms. The van der Waals surface area contributed by atoms with E-state index in [0.717, 1.165) is 5.56 Å². The molecule has 0 aromatic heterocycles. The van der Waals surface area contributed by atoms with E-state index in [-0.39, 0.29) is 40.4 Å². The van der Waals surface area contributed by atoms with E-state index in [1.807, 2.05) is 6.07 Å². The molecule has 3 aliphatic heterocycles. The number of ether oxygens (including phenoxy) is 5. The van der Waals surface area contributed by atoms with Gasteiger partial charge in [0.05, 0.1) is 37.1 Å². The Bertz CT molecular complexity index is 1270. The Morgan fingerprint density at radius 1 is 0.705 bits per heavy atom. The van der Waals surface area contributed by atoms with Crippen molar-refractivity contribution in [3.63, 3.8) is 0 Å². The number of benzene rings is 2. The van der Waals surface area contributed by atoms with Gasteiger partial charge in [-0.3, -0.25) is 0 Å². The van der Waals surface area contributed by atoms with Gasteiger partial charge in [-0.25, -0.2) is 0 Å². The third-order valence-corrected chi connectivity index (χ3v) is 8.24. The summed E-state index contributed by atoms with van der Waals surface area (Å²) in [5.74, 6) is -0.416. The van der Waals surface area contributed by atoms with E-state index in [4.69, 9.17) is 23.7 Å². The maximum Gasteiger partial charge on any atom is 0.229 e. The largest absolute Gasteiger partial charge is 0.485 e. The van der Waals surface area contributed by atoms with Gasteiger partial charge in [0.15, 0.2) is 0 Å². The predicted octanol–water partition coefficient (Wildman–Crippen LogP) is -2.60. The van der Waals surface area contributed by atoms with Crippen LogP contribution in [0, 0.1) is 6.92 Å². The molecule has 12 atom stereocenters. The molecule has 3 heterocycles. The summed E-state index contributed by atoms with van der Waals surface area (Å²) in [7, 11) is 0. The van der Waals surface area contributed by atoms with Crippen molar-refractivity contribution in [2.75, 3.05) is 13.2 Å². The Morgan fingerprint density at radius 2 is 1.23 bits per heavy atom. The second-order valence-electron chi connectivity index (χ2n) is 11.1. The van der Waals surface area contributed by atoms with Crippen LogP contribution in [0.3, 0.4) is 0 Å². The van der Waals surface area contributed by atoms with Crippen LogP contribution in [0.4, 0.5) is 0 Å². The molecule has 0 amide bonds. The molecule has 10 N–H and O–H groups in total. The first-order valence-electron chi connectivity index (χ1n) is 14.2. The molecule has 5 rings (SSSR count). The van der Waals surface area contributed by atoms with Crippen molar-refractivity contribution >= 4 is 0 Å². The lowest BCUT2D eigenvalue weighted by Crippen LogP contribution is -2.60. The Balaban J connectivity index is 1.62. The number of aliphatic hydroxyl groups is 10. The van der Waals surface area contributed by atoms with Gasteiger partial charge in [0.1, 0.15) is 72.2 Å². The first kappa shape index (κ1) is 32.7. The van der Waals surface area contributed by atoms with Crippen molar-refractivity contribution in [1.82, 2.24) is 0 Å². The third-order valence-electron chi connectivity index (χ3n) is 8.24. The summed E-state index contributed by atoms with van der Waals surface area (Å²) >= 11 is 0. The van der Waals surface area contributed by atoms with Gasteiger partial charge in [-0.05, 0) is 12.5 Å². The Labute approximate surface area is 251 Å². The molecule has 0 aliphatic carbocycles. The van der Waals surface area contributed by atoms with Gasteiger partial charge in [-0.15, -0.1) is 0 Å². The first-order valence-corrected chi connectivity index (χ1v) is 14.2. The molecule has 0 spiro atoms. The fourth-order valence-electron chi connectivity index (χ4n) is 5.74. The van der Waals surface area contributed by atoms with E-state index < -0.39 is 93.4 Å². The zero-order valence-electron chi connectivity index (χ0n) is 23.7. The van der Waals surface area contributed by atoms with Crippen molar-refractivity contribution in [2.24, 2.45) is 0 Å². The van der Waals surface area contributed by atoms with Crippen LogP contribution in [0.2, 0.25) is 0 Å². The van der Waals surface area contributed by atoms with E-state index in [2.05, 4.69) is 0 Å². The fourth-order valence-corrected chi connectivity index (χ4v) is 5.74. The van der Waals surface area contributed by atoms with E-state index >= 15 is 0 Å². The smallest absolute Gasteiger partial charge is 0.229 e. The Kier molecular flexibility index (Phi) is 9.96. The van der Waals surface area contributed by atoms with Crippen LogP contribution in [0.1, 0.15) is 40.9 Å². The van der Waals surface area contributed by atoms with E-state index in [1.54, 1.807) is 24.3 Å². The summed E-state index contributed by atoms with van der Waals surface area (Å²) in [5, 5.41) is 104. The van der Waals surface area contributed by atoms with E-state index in [0.29, 0.717) is 0 Å². The number of aliphatic hydroxyl groups excluding tert-OH is 10. The van der Waals surface area contributed by atoms with Gasteiger partial charge in [0.2, 0.25) is 12.6 Å². The summed E-state index contributed by atoms with van der Waals surface area (Å²) in [6.07, 6.45) is -18.5. The normalized spacial score (nSPS) is 37.2. The zero-order valence-corrected chi connectivity index (χ0v) is 23.7. The molecule has 0 saturated carbocycles.